The second kappa shape index (κ2) is 4.99. The highest BCUT2D eigenvalue weighted by molar-refractivity contribution is 5.79. The van der Waals surface area contributed by atoms with Crippen molar-refractivity contribution < 1.29 is 4.79 Å². The van der Waals surface area contributed by atoms with Gasteiger partial charge in [-0.05, 0) is 32.1 Å². The lowest BCUT2D eigenvalue weighted by atomic mass is 9.68. The minimum atomic E-state index is 0.0468. The number of ketones is 1. The van der Waals surface area contributed by atoms with Crippen molar-refractivity contribution in [2.24, 2.45) is 17.3 Å². The molecule has 0 fully saturated rings. The van der Waals surface area contributed by atoms with Gasteiger partial charge in [0.1, 0.15) is 5.78 Å². The molecule has 2 atom stereocenters. The third-order valence-electron chi connectivity index (χ3n) is 3.82. The van der Waals surface area contributed by atoms with Crippen molar-refractivity contribution in [3.63, 3.8) is 0 Å². The summed E-state index contributed by atoms with van der Waals surface area (Å²) in [4.78, 5) is 11.2. The average molecular weight is 220 g/mol. The maximum Gasteiger partial charge on any atom is 0.136 e. The Morgan fingerprint density at radius 2 is 2.19 bits per heavy atom. The zero-order valence-corrected chi connectivity index (χ0v) is 11.2. The first kappa shape index (κ1) is 13.2. The van der Waals surface area contributed by atoms with Gasteiger partial charge in [0, 0.05) is 11.8 Å². The van der Waals surface area contributed by atoms with Gasteiger partial charge in [0.15, 0.2) is 0 Å². The summed E-state index contributed by atoms with van der Waals surface area (Å²) in [6, 6.07) is 0. The Morgan fingerprint density at radius 3 is 2.69 bits per heavy atom. The van der Waals surface area contributed by atoms with Crippen LogP contribution in [0.2, 0.25) is 0 Å². The van der Waals surface area contributed by atoms with Gasteiger partial charge in [0.25, 0.3) is 0 Å². The number of carbonyl (C=O) groups excluding carboxylic acids is 1. The molecular formula is C15H24O. The normalized spacial score (nSPS) is 26.6. The van der Waals surface area contributed by atoms with E-state index in [1.165, 1.54) is 18.4 Å². The summed E-state index contributed by atoms with van der Waals surface area (Å²) in [5.41, 5.74) is 1.77. The van der Waals surface area contributed by atoms with Crippen molar-refractivity contribution in [1.29, 1.82) is 0 Å². The number of hydrogen-bond donors (Lipinski definition) is 0. The van der Waals surface area contributed by atoms with Crippen LogP contribution in [0.1, 0.15) is 47.5 Å². The van der Waals surface area contributed by atoms with Gasteiger partial charge >= 0.3 is 0 Å². The van der Waals surface area contributed by atoms with Crippen LogP contribution in [0.3, 0.4) is 0 Å². The molecule has 0 aromatic heterocycles. The molecule has 0 aliphatic heterocycles. The molecule has 0 saturated carbocycles. The molecule has 0 heterocycles. The van der Waals surface area contributed by atoms with Crippen LogP contribution >= 0.6 is 0 Å². The van der Waals surface area contributed by atoms with Crippen LogP contribution in [-0.2, 0) is 4.79 Å². The van der Waals surface area contributed by atoms with E-state index in [4.69, 9.17) is 0 Å². The van der Waals surface area contributed by atoms with Crippen molar-refractivity contribution >= 4 is 5.78 Å². The number of allylic oxidation sites excluding steroid dienone is 4. The average Bonchev–Trinajstić information content (AvgIpc) is 2.15. The Labute approximate surface area is 99.6 Å². The van der Waals surface area contributed by atoms with Crippen LogP contribution in [0.5, 0.6) is 0 Å². The van der Waals surface area contributed by atoms with Crippen LogP contribution in [0.25, 0.3) is 0 Å². The van der Waals surface area contributed by atoms with Crippen LogP contribution in [0.15, 0.2) is 23.8 Å². The largest absolute Gasteiger partial charge is 0.299 e. The Balaban J connectivity index is 2.81. The van der Waals surface area contributed by atoms with Crippen molar-refractivity contribution in [3.05, 3.63) is 23.8 Å². The third-order valence-corrected chi connectivity index (χ3v) is 3.82. The van der Waals surface area contributed by atoms with E-state index in [0.29, 0.717) is 11.3 Å². The summed E-state index contributed by atoms with van der Waals surface area (Å²) >= 11 is 0. The zero-order valence-electron chi connectivity index (χ0n) is 11.2. The predicted molar refractivity (Wildman–Crippen MR) is 69.2 cm³/mol. The molecule has 0 bridgehead atoms. The first-order valence-corrected chi connectivity index (χ1v) is 6.20. The zero-order chi connectivity index (χ0) is 12.3. The van der Waals surface area contributed by atoms with E-state index < -0.39 is 0 Å². The fourth-order valence-corrected chi connectivity index (χ4v) is 2.40. The monoisotopic (exact) mass is 220 g/mol. The molecule has 0 N–H and O–H groups in total. The number of carbonyl (C=O) groups is 1. The highest BCUT2D eigenvalue weighted by Gasteiger charge is 2.30. The number of rotatable bonds is 3. The van der Waals surface area contributed by atoms with Crippen molar-refractivity contribution in [2.45, 2.75) is 47.5 Å². The lowest BCUT2D eigenvalue weighted by Crippen LogP contribution is -2.26. The van der Waals surface area contributed by atoms with Gasteiger partial charge in [-0.3, -0.25) is 4.79 Å². The Morgan fingerprint density at radius 1 is 1.56 bits per heavy atom. The molecule has 0 aromatic carbocycles. The van der Waals surface area contributed by atoms with Crippen molar-refractivity contribution in [1.82, 2.24) is 0 Å². The van der Waals surface area contributed by atoms with E-state index in [9.17, 15) is 4.79 Å². The molecule has 1 aliphatic carbocycles. The fourth-order valence-electron chi connectivity index (χ4n) is 2.40. The van der Waals surface area contributed by atoms with Gasteiger partial charge in [0.05, 0.1) is 0 Å². The molecule has 0 amide bonds. The van der Waals surface area contributed by atoms with E-state index in [1.54, 1.807) is 6.92 Å². The third kappa shape index (κ3) is 3.07. The minimum Gasteiger partial charge on any atom is -0.299 e. The molecule has 90 valence electrons. The second-order valence-electron chi connectivity index (χ2n) is 5.74. The van der Waals surface area contributed by atoms with Crippen LogP contribution in [0.4, 0.5) is 0 Å². The van der Waals surface area contributed by atoms with Gasteiger partial charge in [-0.2, -0.15) is 0 Å². The smallest absolute Gasteiger partial charge is 0.136 e. The SMILES string of the molecule is CC(=O)C(C)C=CC1C(C)=CCCC1(C)C. The Hall–Kier alpha value is -0.850. The van der Waals surface area contributed by atoms with E-state index in [0.717, 1.165) is 0 Å². The van der Waals surface area contributed by atoms with Gasteiger partial charge in [-0.25, -0.2) is 0 Å². The van der Waals surface area contributed by atoms with Gasteiger partial charge in [-0.15, -0.1) is 0 Å². The molecule has 2 unspecified atom stereocenters. The van der Waals surface area contributed by atoms with Crippen LogP contribution in [0, 0.1) is 17.3 Å². The summed E-state index contributed by atoms with van der Waals surface area (Å²) in [6.45, 7) is 10.5. The standard InChI is InChI=1S/C15H24O/c1-11(13(3)16)8-9-14-12(2)7-6-10-15(14,4)5/h7-9,11,14H,6,10H2,1-5H3. The molecule has 1 nitrogen and oxygen atoms in total. The van der Waals surface area contributed by atoms with E-state index >= 15 is 0 Å². The first-order valence-electron chi connectivity index (χ1n) is 6.20. The Bertz CT molecular complexity index is 320. The summed E-state index contributed by atoms with van der Waals surface area (Å²) in [6.07, 6.45) is 9.05. The van der Waals surface area contributed by atoms with Crippen LogP contribution in [-0.4, -0.2) is 5.78 Å². The van der Waals surface area contributed by atoms with E-state index in [2.05, 4.69) is 39.0 Å². The highest BCUT2D eigenvalue weighted by Crippen LogP contribution is 2.41. The van der Waals surface area contributed by atoms with Crippen LogP contribution < -0.4 is 0 Å². The van der Waals surface area contributed by atoms with E-state index in [1.807, 2.05) is 6.92 Å². The van der Waals surface area contributed by atoms with E-state index in [-0.39, 0.29) is 11.7 Å². The van der Waals surface area contributed by atoms with Crippen molar-refractivity contribution in [2.75, 3.05) is 0 Å². The maximum atomic E-state index is 11.2. The number of Topliss-reactive ketones (excluding diaryl/α,β-unsaturated/α-hetero) is 1. The molecule has 0 aromatic rings. The van der Waals surface area contributed by atoms with Gasteiger partial charge < -0.3 is 0 Å². The molecular weight excluding hydrogens is 196 g/mol. The van der Waals surface area contributed by atoms with Gasteiger partial charge in [-0.1, -0.05) is 44.6 Å². The minimum absolute atomic E-state index is 0.0468. The molecule has 0 radical (unpaired) electrons. The molecule has 1 aliphatic rings. The second-order valence-corrected chi connectivity index (χ2v) is 5.74. The summed E-state index contributed by atoms with van der Waals surface area (Å²) in [5.74, 6) is 0.778. The number of hydrogen-bond acceptors (Lipinski definition) is 1. The van der Waals surface area contributed by atoms with Crippen molar-refractivity contribution in [3.8, 4) is 0 Å². The molecule has 1 rings (SSSR count). The molecule has 0 saturated heterocycles. The molecule has 1 heteroatoms. The maximum absolute atomic E-state index is 11.2. The summed E-state index contributed by atoms with van der Waals surface area (Å²) in [5, 5.41) is 0. The Kier molecular flexibility index (Phi) is 4.12. The lowest BCUT2D eigenvalue weighted by Gasteiger charge is -2.36. The highest BCUT2D eigenvalue weighted by atomic mass is 16.1. The summed E-state index contributed by atoms with van der Waals surface area (Å²) < 4.78 is 0. The first-order chi connectivity index (χ1) is 7.34. The quantitative estimate of drug-likeness (QED) is 0.653. The molecule has 16 heavy (non-hydrogen) atoms. The topological polar surface area (TPSA) is 17.1 Å². The van der Waals surface area contributed by atoms with Gasteiger partial charge in [0.2, 0.25) is 0 Å². The predicted octanol–water partition coefficient (Wildman–Crippen LogP) is 4.15. The molecule has 0 spiro atoms. The lowest BCUT2D eigenvalue weighted by molar-refractivity contribution is -0.118. The summed E-state index contributed by atoms with van der Waals surface area (Å²) in [7, 11) is 0. The fraction of sp³-hybridized carbons (Fsp3) is 0.667.